The van der Waals surface area contributed by atoms with Crippen LogP contribution in [-0.4, -0.2) is 14.1 Å². The molecule has 0 unspecified atom stereocenters. The van der Waals surface area contributed by atoms with Gasteiger partial charge in [0, 0.05) is 11.1 Å². The van der Waals surface area contributed by atoms with Crippen LogP contribution in [0.5, 0.6) is 0 Å². The van der Waals surface area contributed by atoms with Gasteiger partial charge in [-0.15, -0.1) is 0 Å². The maximum atomic E-state index is 13.6. The molecule has 0 amide bonds. The molecule has 168 valence electrons. The van der Waals surface area contributed by atoms with E-state index in [-0.39, 0.29) is 22.7 Å². The van der Waals surface area contributed by atoms with Gasteiger partial charge in [0.1, 0.15) is 0 Å². The van der Waals surface area contributed by atoms with Crippen molar-refractivity contribution in [1.82, 2.24) is 4.83 Å². The quantitative estimate of drug-likeness (QED) is 0.519. The smallest absolute Gasteiger partial charge is 0.200 e. The number of hydrazone groups is 1. The number of hydrogen-bond acceptors (Lipinski definition) is 3. The molecule has 5 heteroatoms. The third-order valence-electron chi connectivity index (χ3n) is 8.16. The fourth-order valence-electron chi connectivity index (χ4n) is 5.46. The Bertz CT molecular complexity index is 928. The minimum atomic E-state index is -3.76. The molecule has 3 rings (SSSR count). The number of nitrogens with zero attached hydrogens (tertiary/aromatic N) is 1. The molecule has 4 nitrogen and oxygen atoms in total. The number of fused-ring (bicyclic) bond motifs is 2. The number of benzene rings is 1. The molecule has 0 spiro atoms. The van der Waals surface area contributed by atoms with Gasteiger partial charge in [-0.25, -0.2) is 4.83 Å². The molecular weight excluding hydrogens is 392 g/mol. The molecule has 0 radical (unpaired) electrons. The highest BCUT2D eigenvalue weighted by molar-refractivity contribution is 7.89. The Morgan fingerprint density at radius 2 is 1.50 bits per heavy atom. The third kappa shape index (κ3) is 3.61. The maximum absolute atomic E-state index is 13.6. The highest BCUT2D eigenvalue weighted by Crippen LogP contribution is 2.63. The largest absolute Gasteiger partial charge is 0.277 e. The van der Waals surface area contributed by atoms with Gasteiger partial charge in [-0.2, -0.15) is 13.5 Å². The maximum Gasteiger partial charge on any atom is 0.277 e. The lowest BCUT2D eigenvalue weighted by Crippen LogP contribution is -2.34. The average Bonchev–Trinajstić information content (AvgIpc) is 2.98. The normalized spacial score (nSPS) is 27.1. The number of nitrogens with one attached hydrogen (secondary N) is 1. The second kappa shape index (κ2) is 7.65. The zero-order valence-corrected chi connectivity index (χ0v) is 21.1. The van der Waals surface area contributed by atoms with Gasteiger partial charge in [0.2, 0.25) is 0 Å². The predicted molar refractivity (Wildman–Crippen MR) is 126 cm³/mol. The van der Waals surface area contributed by atoms with Crippen LogP contribution in [0.2, 0.25) is 0 Å². The van der Waals surface area contributed by atoms with Gasteiger partial charge in [-0.05, 0) is 65.0 Å². The Morgan fingerprint density at radius 1 is 0.967 bits per heavy atom. The van der Waals surface area contributed by atoms with Crippen molar-refractivity contribution in [2.24, 2.45) is 21.8 Å². The fourth-order valence-corrected chi connectivity index (χ4v) is 6.99. The summed E-state index contributed by atoms with van der Waals surface area (Å²) < 4.78 is 27.1. The van der Waals surface area contributed by atoms with Gasteiger partial charge in [0.05, 0.1) is 4.90 Å². The van der Waals surface area contributed by atoms with Gasteiger partial charge in [-0.3, -0.25) is 0 Å². The Morgan fingerprint density at radius 3 is 1.87 bits per heavy atom. The summed E-state index contributed by atoms with van der Waals surface area (Å²) in [6.45, 7) is 19.4. The molecule has 1 aromatic carbocycles. The molecule has 0 heterocycles. The second-order valence-electron chi connectivity index (χ2n) is 11.1. The van der Waals surface area contributed by atoms with E-state index in [0.29, 0.717) is 16.7 Å². The molecule has 2 bridgehead atoms. The first kappa shape index (κ1) is 23.3. The summed E-state index contributed by atoms with van der Waals surface area (Å²) in [5.41, 5.74) is 4.12. The summed E-state index contributed by atoms with van der Waals surface area (Å²) in [6, 6.07) is 4.15. The highest BCUT2D eigenvalue weighted by atomic mass is 32.2. The summed E-state index contributed by atoms with van der Waals surface area (Å²) >= 11 is 0. The van der Waals surface area contributed by atoms with Crippen LogP contribution in [0.3, 0.4) is 0 Å². The van der Waals surface area contributed by atoms with Gasteiger partial charge in [0.15, 0.2) is 0 Å². The van der Waals surface area contributed by atoms with Crippen molar-refractivity contribution >= 4 is 15.7 Å². The molecule has 2 fully saturated rings. The summed E-state index contributed by atoms with van der Waals surface area (Å²) in [5.74, 6) is 1.16. The topological polar surface area (TPSA) is 58.5 Å². The van der Waals surface area contributed by atoms with E-state index in [2.05, 4.69) is 84.4 Å². The van der Waals surface area contributed by atoms with Crippen LogP contribution in [0, 0.1) is 16.7 Å². The zero-order chi connectivity index (χ0) is 22.6. The van der Waals surface area contributed by atoms with Crippen LogP contribution in [-0.2, 0) is 10.0 Å². The summed E-state index contributed by atoms with van der Waals surface area (Å²) in [5, 5.41) is 4.56. The monoisotopic (exact) mass is 432 g/mol. The van der Waals surface area contributed by atoms with Crippen molar-refractivity contribution in [1.29, 1.82) is 0 Å². The van der Waals surface area contributed by atoms with Crippen molar-refractivity contribution in [3.05, 3.63) is 28.8 Å². The van der Waals surface area contributed by atoms with Crippen LogP contribution < -0.4 is 4.83 Å². The first-order valence-corrected chi connectivity index (χ1v) is 13.0. The lowest BCUT2D eigenvalue weighted by molar-refractivity contribution is 0.193. The molecular formula is C25H40N2O2S. The molecule has 1 N–H and O–H groups in total. The predicted octanol–water partition coefficient (Wildman–Crippen LogP) is 6.54. The Balaban J connectivity index is 2.07. The first-order chi connectivity index (χ1) is 13.7. The lowest BCUT2D eigenvalue weighted by atomic mass is 9.70. The minimum absolute atomic E-state index is 0.0244. The van der Waals surface area contributed by atoms with E-state index in [9.17, 15) is 8.42 Å². The molecule has 2 aliphatic rings. The van der Waals surface area contributed by atoms with Crippen molar-refractivity contribution in [3.63, 3.8) is 0 Å². The number of sulfonamides is 1. The molecule has 0 aromatic heterocycles. The lowest BCUT2D eigenvalue weighted by Gasteiger charge is -2.34. The highest BCUT2D eigenvalue weighted by Gasteiger charge is 2.60. The van der Waals surface area contributed by atoms with Crippen LogP contribution in [0.1, 0.15) is 116 Å². The zero-order valence-electron chi connectivity index (χ0n) is 20.3. The Hall–Kier alpha value is -1.36. The standard InChI is InChI=1S/C25H40N2O2S/c1-15(2)18-12-20(16(3)4)23(21(13-18)17(5)6)30(28,29)27-26-22-14-19-10-11-25(22,9)24(19,7)8/h12-13,15-17,19,27H,10-11,14H2,1-9H3/b26-22+/t19-,25+/m1/s1. The molecule has 1 aromatic rings. The van der Waals surface area contributed by atoms with E-state index in [1.807, 2.05) is 0 Å². The summed E-state index contributed by atoms with van der Waals surface area (Å²) in [6.07, 6.45) is 3.19. The SMILES string of the molecule is CC(C)c1cc(C(C)C)c(S(=O)(=O)N/N=C2\C[C@H]3CC[C@]2(C)C3(C)C)c(C(C)C)c1. The van der Waals surface area contributed by atoms with Crippen molar-refractivity contribution in [2.75, 3.05) is 0 Å². The van der Waals surface area contributed by atoms with Crippen LogP contribution in [0.4, 0.5) is 0 Å². The molecule has 0 saturated heterocycles. The van der Waals surface area contributed by atoms with E-state index in [1.54, 1.807) is 0 Å². The van der Waals surface area contributed by atoms with Gasteiger partial charge in [0.25, 0.3) is 10.0 Å². The number of hydrogen-bond donors (Lipinski definition) is 1. The number of rotatable bonds is 6. The molecule has 2 atom stereocenters. The van der Waals surface area contributed by atoms with Crippen molar-refractivity contribution in [2.45, 2.75) is 104 Å². The fraction of sp³-hybridized carbons (Fsp3) is 0.720. The molecule has 2 saturated carbocycles. The van der Waals surface area contributed by atoms with Crippen LogP contribution in [0.25, 0.3) is 0 Å². The Kier molecular flexibility index (Phi) is 5.94. The summed E-state index contributed by atoms with van der Waals surface area (Å²) in [7, 11) is -3.76. The van der Waals surface area contributed by atoms with Gasteiger partial charge < -0.3 is 0 Å². The van der Waals surface area contributed by atoms with Gasteiger partial charge in [-0.1, -0.05) is 74.4 Å². The third-order valence-corrected chi connectivity index (χ3v) is 9.50. The molecule has 0 aliphatic heterocycles. The average molecular weight is 433 g/mol. The van der Waals surface area contributed by atoms with E-state index < -0.39 is 10.0 Å². The first-order valence-electron chi connectivity index (χ1n) is 11.5. The summed E-state index contributed by atoms with van der Waals surface area (Å²) in [4.78, 5) is 3.09. The van der Waals surface area contributed by atoms with Crippen LogP contribution in [0.15, 0.2) is 22.1 Å². The second-order valence-corrected chi connectivity index (χ2v) is 12.7. The molecule has 30 heavy (non-hydrogen) atoms. The van der Waals surface area contributed by atoms with Crippen molar-refractivity contribution < 1.29 is 8.42 Å². The van der Waals surface area contributed by atoms with E-state index >= 15 is 0 Å². The molecule has 2 aliphatic carbocycles. The van der Waals surface area contributed by atoms with Crippen LogP contribution >= 0.6 is 0 Å². The Labute approximate surface area is 184 Å². The minimum Gasteiger partial charge on any atom is -0.200 e. The van der Waals surface area contributed by atoms with E-state index in [4.69, 9.17) is 0 Å². The van der Waals surface area contributed by atoms with Gasteiger partial charge >= 0.3 is 0 Å². The van der Waals surface area contributed by atoms with Crippen molar-refractivity contribution in [3.8, 4) is 0 Å². The van der Waals surface area contributed by atoms with E-state index in [0.717, 1.165) is 29.7 Å². The van der Waals surface area contributed by atoms with E-state index in [1.165, 1.54) is 12.0 Å².